The van der Waals surface area contributed by atoms with E-state index in [4.69, 9.17) is 11.6 Å². The van der Waals surface area contributed by atoms with Gasteiger partial charge in [0.1, 0.15) is 0 Å². The molecule has 0 fully saturated rings. The summed E-state index contributed by atoms with van der Waals surface area (Å²) in [6, 6.07) is 3.68. The Balaban J connectivity index is 3.10. The zero-order chi connectivity index (χ0) is 15.7. The van der Waals surface area contributed by atoms with Crippen molar-refractivity contribution < 1.29 is 22.2 Å². The minimum atomic E-state index is -4.88. The van der Waals surface area contributed by atoms with Crippen molar-refractivity contribution in [3.63, 3.8) is 0 Å². The molecule has 0 spiro atoms. The maximum Gasteiger partial charge on any atom is 0.490 e. The lowest BCUT2D eigenvalue weighted by Gasteiger charge is -2.18. The van der Waals surface area contributed by atoms with Crippen LogP contribution >= 0.6 is 11.6 Å². The number of hydrogen-bond donors (Lipinski definition) is 1. The maximum atomic E-state index is 12.2. The van der Waals surface area contributed by atoms with E-state index >= 15 is 0 Å². The SMILES string of the molecule is CC(C)(C)C(=O)c1cc(NS(=O)C(F)(F)F)ccc1Cl. The average Bonchev–Trinajstić information content (AvgIpc) is 2.28. The molecule has 1 atom stereocenters. The maximum absolute atomic E-state index is 12.2. The van der Waals surface area contributed by atoms with Gasteiger partial charge in [0.05, 0.1) is 5.02 Å². The molecule has 0 amide bonds. The lowest BCUT2D eigenvalue weighted by atomic mass is 9.86. The van der Waals surface area contributed by atoms with Gasteiger partial charge in [0.25, 0.3) is 0 Å². The van der Waals surface area contributed by atoms with Gasteiger partial charge in [-0.15, -0.1) is 0 Å². The molecule has 1 N–H and O–H groups in total. The first-order valence-electron chi connectivity index (χ1n) is 5.52. The van der Waals surface area contributed by atoms with E-state index in [1.807, 2.05) is 0 Å². The lowest BCUT2D eigenvalue weighted by Crippen LogP contribution is -2.24. The molecule has 1 aromatic rings. The quantitative estimate of drug-likeness (QED) is 0.847. The summed E-state index contributed by atoms with van der Waals surface area (Å²) < 4.78 is 49.4. The summed E-state index contributed by atoms with van der Waals surface area (Å²) in [5.74, 6) is -0.316. The third kappa shape index (κ3) is 4.21. The van der Waals surface area contributed by atoms with Crippen LogP contribution in [0.1, 0.15) is 31.1 Å². The molecule has 0 saturated carbocycles. The standard InChI is InChI=1S/C12H13ClF3NO2S/c1-11(2,3)10(18)8-6-7(4-5-9(8)13)17-20(19)12(14,15)16/h4-6,17H,1-3H3. The van der Waals surface area contributed by atoms with Crippen LogP contribution in [-0.2, 0) is 11.0 Å². The molecule has 8 heteroatoms. The molecule has 112 valence electrons. The number of hydrogen-bond acceptors (Lipinski definition) is 2. The summed E-state index contributed by atoms with van der Waals surface area (Å²) >= 11 is 5.88. The third-order valence-corrected chi connectivity index (χ3v) is 3.48. The van der Waals surface area contributed by atoms with Gasteiger partial charge in [-0.25, -0.2) is 4.21 Å². The van der Waals surface area contributed by atoms with Crippen LogP contribution in [-0.4, -0.2) is 15.5 Å². The number of ketones is 1. The number of rotatable bonds is 3. The van der Waals surface area contributed by atoms with E-state index in [2.05, 4.69) is 0 Å². The van der Waals surface area contributed by atoms with Gasteiger partial charge in [-0.3, -0.25) is 9.52 Å². The zero-order valence-corrected chi connectivity index (χ0v) is 12.5. The first-order chi connectivity index (χ1) is 8.93. The molecular weight excluding hydrogens is 315 g/mol. The molecule has 0 bridgehead atoms. The van der Waals surface area contributed by atoms with Gasteiger partial charge >= 0.3 is 5.51 Å². The first-order valence-corrected chi connectivity index (χ1v) is 7.05. The summed E-state index contributed by atoms with van der Waals surface area (Å²) in [4.78, 5) is 12.1. The molecular formula is C12H13ClF3NO2S. The average molecular weight is 328 g/mol. The summed E-state index contributed by atoms with van der Waals surface area (Å²) in [5, 5.41) is 0.133. The molecule has 0 heterocycles. The second-order valence-corrected chi connectivity index (χ2v) is 6.70. The molecule has 20 heavy (non-hydrogen) atoms. The van der Waals surface area contributed by atoms with Gasteiger partial charge in [0, 0.05) is 16.7 Å². The van der Waals surface area contributed by atoms with E-state index in [0.717, 1.165) is 0 Å². The molecule has 0 aliphatic heterocycles. The third-order valence-electron chi connectivity index (χ3n) is 2.31. The van der Waals surface area contributed by atoms with Crippen LogP contribution in [0, 0.1) is 5.41 Å². The molecule has 0 aliphatic rings. The minimum Gasteiger partial charge on any atom is -0.298 e. The molecule has 1 unspecified atom stereocenters. The summed E-state index contributed by atoms with van der Waals surface area (Å²) in [7, 11) is -3.24. The number of nitrogens with one attached hydrogen (secondary N) is 1. The van der Waals surface area contributed by atoms with E-state index in [9.17, 15) is 22.2 Å². The summed E-state index contributed by atoms with van der Waals surface area (Å²) in [6.07, 6.45) is 0. The van der Waals surface area contributed by atoms with Crippen molar-refractivity contribution in [3.05, 3.63) is 28.8 Å². The highest BCUT2D eigenvalue weighted by molar-refractivity contribution is 7.87. The highest BCUT2D eigenvalue weighted by Crippen LogP contribution is 2.29. The topological polar surface area (TPSA) is 46.2 Å². The van der Waals surface area contributed by atoms with Crippen LogP contribution in [0.4, 0.5) is 18.9 Å². The van der Waals surface area contributed by atoms with Gasteiger partial charge in [0.15, 0.2) is 5.78 Å². The Morgan fingerprint density at radius 1 is 1.25 bits per heavy atom. The van der Waals surface area contributed by atoms with Gasteiger partial charge in [-0.2, -0.15) is 13.2 Å². The lowest BCUT2D eigenvalue weighted by molar-refractivity contribution is -0.0379. The van der Waals surface area contributed by atoms with Crippen molar-refractivity contribution in [1.82, 2.24) is 0 Å². The summed E-state index contributed by atoms with van der Waals surface area (Å²) in [5.41, 5.74) is -5.61. The highest BCUT2D eigenvalue weighted by Gasteiger charge is 2.37. The molecule has 1 rings (SSSR count). The van der Waals surface area contributed by atoms with Crippen LogP contribution in [0.2, 0.25) is 5.02 Å². The number of carbonyl (C=O) groups is 1. The largest absolute Gasteiger partial charge is 0.490 e. The van der Waals surface area contributed by atoms with Gasteiger partial charge in [0.2, 0.25) is 11.0 Å². The molecule has 0 saturated heterocycles. The number of Topliss-reactive ketones (excluding diaryl/α,β-unsaturated/α-hetero) is 1. The minimum absolute atomic E-state index is 0.0855. The molecule has 0 aliphatic carbocycles. The fraction of sp³-hybridized carbons (Fsp3) is 0.417. The van der Waals surface area contributed by atoms with E-state index in [-0.39, 0.29) is 22.1 Å². The zero-order valence-electron chi connectivity index (χ0n) is 11.0. The Morgan fingerprint density at radius 2 is 1.80 bits per heavy atom. The van der Waals surface area contributed by atoms with Gasteiger partial charge < -0.3 is 0 Å². The number of alkyl halides is 3. The normalized spacial score (nSPS) is 13.9. The van der Waals surface area contributed by atoms with Crippen LogP contribution in [0.3, 0.4) is 0 Å². The second kappa shape index (κ2) is 5.73. The van der Waals surface area contributed by atoms with Crippen molar-refractivity contribution in [3.8, 4) is 0 Å². The number of benzene rings is 1. The van der Waals surface area contributed by atoms with Crippen LogP contribution in [0.15, 0.2) is 18.2 Å². The Hall–Kier alpha value is -1.08. The smallest absolute Gasteiger partial charge is 0.298 e. The molecule has 0 radical (unpaired) electrons. The van der Waals surface area contributed by atoms with E-state index in [0.29, 0.717) is 0 Å². The van der Waals surface area contributed by atoms with E-state index in [1.54, 1.807) is 25.5 Å². The Kier molecular flexibility index (Phi) is 4.86. The number of carbonyl (C=O) groups excluding carboxylic acids is 1. The van der Waals surface area contributed by atoms with Crippen molar-refractivity contribution in [2.45, 2.75) is 26.3 Å². The Morgan fingerprint density at radius 3 is 2.25 bits per heavy atom. The number of halogens is 4. The fourth-order valence-electron chi connectivity index (χ4n) is 1.33. The van der Waals surface area contributed by atoms with Crippen molar-refractivity contribution >= 4 is 34.1 Å². The van der Waals surface area contributed by atoms with Crippen molar-refractivity contribution in [2.24, 2.45) is 5.41 Å². The second-order valence-electron chi connectivity index (χ2n) is 5.09. The Labute approximate surface area is 122 Å². The van der Waals surface area contributed by atoms with E-state index in [1.165, 1.54) is 18.2 Å². The predicted octanol–water partition coefficient (Wildman–Crippen LogP) is 4.16. The van der Waals surface area contributed by atoms with Crippen LogP contribution in [0.25, 0.3) is 0 Å². The van der Waals surface area contributed by atoms with E-state index < -0.39 is 21.9 Å². The molecule has 0 aromatic heterocycles. The molecule has 3 nitrogen and oxygen atoms in total. The van der Waals surface area contributed by atoms with Gasteiger partial charge in [-0.1, -0.05) is 32.4 Å². The van der Waals surface area contributed by atoms with Gasteiger partial charge in [-0.05, 0) is 18.2 Å². The van der Waals surface area contributed by atoms with Crippen LogP contribution in [0.5, 0.6) is 0 Å². The number of anilines is 1. The molecule has 1 aromatic carbocycles. The Bertz CT molecular complexity index is 553. The highest BCUT2D eigenvalue weighted by atomic mass is 35.5. The monoisotopic (exact) mass is 327 g/mol. The summed E-state index contributed by atoms with van der Waals surface area (Å²) in [6.45, 7) is 5.00. The van der Waals surface area contributed by atoms with Crippen molar-refractivity contribution in [2.75, 3.05) is 4.72 Å². The predicted molar refractivity (Wildman–Crippen MR) is 73.1 cm³/mol. The van der Waals surface area contributed by atoms with Crippen LogP contribution < -0.4 is 4.72 Å². The van der Waals surface area contributed by atoms with Crippen molar-refractivity contribution in [1.29, 1.82) is 0 Å². The fourth-order valence-corrected chi connectivity index (χ4v) is 1.99. The first kappa shape index (κ1) is 17.0.